The molecule has 1 amide bonds. The van der Waals surface area contributed by atoms with Gasteiger partial charge in [0.25, 0.3) is 0 Å². The van der Waals surface area contributed by atoms with Gasteiger partial charge in [0, 0.05) is 17.8 Å². The fourth-order valence-corrected chi connectivity index (χ4v) is 6.21. The number of carbonyl (C=O) groups is 1. The molecular formula is C21H23F3N2O4S2. The third-order valence-corrected chi connectivity index (χ3v) is 8.20. The number of nitrogens with zero attached hydrogens (tertiary/aromatic N) is 1. The lowest BCUT2D eigenvalue weighted by molar-refractivity contribution is -0.275. The summed E-state index contributed by atoms with van der Waals surface area (Å²) in [6.45, 7) is 0. The molecule has 1 heterocycles. The largest absolute Gasteiger partial charge is 0.573 e. The monoisotopic (exact) mass is 488 g/mol. The van der Waals surface area contributed by atoms with Crippen LogP contribution >= 0.6 is 11.3 Å². The van der Waals surface area contributed by atoms with E-state index < -0.39 is 32.3 Å². The average Bonchev–Trinajstić information content (AvgIpc) is 3.28. The van der Waals surface area contributed by atoms with Crippen molar-refractivity contribution in [2.24, 2.45) is 11.8 Å². The molecule has 0 radical (unpaired) electrons. The quantitative estimate of drug-likeness (QED) is 0.624. The SMILES string of the molecule is CS(=O)(=O)c1ccc([C@@]2(C(=O)Nc3nccs3)C[C@H]2C2CCCCC2)cc1OC(F)(F)F. The molecule has 2 aliphatic rings. The van der Waals surface area contributed by atoms with E-state index in [-0.39, 0.29) is 17.7 Å². The number of aromatic nitrogens is 1. The summed E-state index contributed by atoms with van der Waals surface area (Å²) in [6, 6.07) is 3.60. The van der Waals surface area contributed by atoms with Gasteiger partial charge in [-0.15, -0.1) is 24.5 Å². The number of hydrogen-bond acceptors (Lipinski definition) is 6. The van der Waals surface area contributed by atoms with Crippen molar-refractivity contribution in [1.29, 1.82) is 0 Å². The Kier molecular flexibility index (Phi) is 6.00. The molecule has 1 N–H and O–H groups in total. The Bertz CT molecular complexity index is 1100. The van der Waals surface area contributed by atoms with Crippen LogP contribution in [0.5, 0.6) is 5.75 Å². The van der Waals surface area contributed by atoms with Crippen molar-refractivity contribution in [2.75, 3.05) is 11.6 Å². The standard InChI is InChI=1S/C21H23F3N2O4S2/c1-32(28,29)17-8-7-14(11-16(17)30-21(22,23)24)20(18(27)26-19-25-9-10-31-19)12-15(20)13-5-3-2-4-6-13/h7-11,13,15H,2-6,12H2,1H3,(H,25,26,27)/t15-,20-/m0/s1. The summed E-state index contributed by atoms with van der Waals surface area (Å²) in [4.78, 5) is 16.9. The van der Waals surface area contributed by atoms with E-state index in [9.17, 15) is 26.4 Å². The molecule has 4 rings (SSSR count). The number of carbonyl (C=O) groups excluding carboxylic acids is 1. The minimum absolute atomic E-state index is 0.0365. The van der Waals surface area contributed by atoms with Crippen molar-refractivity contribution in [1.82, 2.24) is 4.98 Å². The maximum Gasteiger partial charge on any atom is 0.573 e. The van der Waals surface area contributed by atoms with Crippen LogP contribution in [0.3, 0.4) is 0 Å². The highest BCUT2D eigenvalue weighted by Gasteiger charge is 2.63. The molecule has 2 aromatic rings. The van der Waals surface area contributed by atoms with Gasteiger partial charge in [-0.05, 0) is 36.0 Å². The summed E-state index contributed by atoms with van der Waals surface area (Å²) < 4.78 is 67.2. The molecular weight excluding hydrogens is 465 g/mol. The average molecular weight is 489 g/mol. The third-order valence-electron chi connectivity index (χ3n) is 6.38. The zero-order valence-corrected chi connectivity index (χ0v) is 18.9. The van der Waals surface area contributed by atoms with E-state index in [1.54, 1.807) is 11.6 Å². The number of hydrogen-bond donors (Lipinski definition) is 1. The van der Waals surface area contributed by atoms with Crippen LogP contribution in [0, 0.1) is 11.8 Å². The summed E-state index contributed by atoms with van der Waals surface area (Å²) in [6.07, 6.45) is 2.95. The Hall–Kier alpha value is -2.14. The second kappa shape index (κ2) is 8.33. The molecule has 2 atom stereocenters. The molecule has 0 unspecified atom stereocenters. The van der Waals surface area contributed by atoms with Crippen LogP contribution in [0.1, 0.15) is 44.1 Å². The van der Waals surface area contributed by atoms with Gasteiger partial charge in [-0.2, -0.15) is 0 Å². The first kappa shape index (κ1) is 23.0. The van der Waals surface area contributed by atoms with E-state index in [1.165, 1.54) is 17.4 Å². The number of ether oxygens (including phenoxy) is 1. The van der Waals surface area contributed by atoms with Gasteiger partial charge in [-0.25, -0.2) is 13.4 Å². The van der Waals surface area contributed by atoms with Crippen molar-refractivity contribution in [3.8, 4) is 5.75 Å². The highest BCUT2D eigenvalue weighted by Crippen LogP contribution is 2.61. The van der Waals surface area contributed by atoms with E-state index in [0.717, 1.165) is 50.5 Å². The van der Waals surface area contributed by atoms with Gasteiger partial charge >= 0.3 is 6.36 Å². The molecule has 32 heavy (non-hydrogen) atoms. The Morgan fingerprint density at radius 2 is 1.97 bits per heavy atom. The molecule has 2 fully saturated rings. The fourth-order valence-electron chi connectivity index (χ4n) is 4.91. The van der Waals surface area contributed by atoms with Gasteiger partial charge in [0.1, 0.15) is 10.6 Å². The number of nitrogens with one attached hydrogen (secondary N) is 1. The number of anilines is 1. The van der Waals surface area contributed by atoms with Gasteiger partial charge in [0.15, 0.2) is 15.0 Å². The number of alkyl halides is 3. The van der Waals surface area contributed by atoms with Crippen LogP contribution in [0.15, 0.2) is 34.7 Å². The number of benzene rings is 1. The maximum absolute atomic E-state index is 13.4. The predicted octanol–water partition coefficient (Wildman–Crippen LogP) is 4.92. The molecule has 0 saturated heterocycles. The fraction of sp³-hybridized carbons (Fsp3) is 0.524. The highest BCUT2D eigenvalue weighted by atomic mass is 32.2. The number of sulfone groups is 1. The number of thiazole rings is 1. The van der Waals surface area contributed by atoms with Crippen molar-refractivity contribution in [2.45, 2.75) is 55.2 Å². The van der Waals surface area contributed by atoms with Crippen LogP contribution in [-0.2, 0) is 20.0 Å². The zero-order valence-electron chi connectivity index (χ0n) is 17.3. The van der Waals surface area contributed by atoms with Crippen LogP contribution in [-0.4, -0.2) is 31.9 Å². The lowest BCUT2D eigenvalue weighted by atomic mass is 9.80. The van der Waals surface area contributed by atoms with Crippen LogP contribution in [0.25, 0.3) is 0 Å². The highest BCUT2D eigenvalue weighted by molar-refractivity contribution is 7.90. The zero-order chi connectivity index (χ0) is 23.1. The van der Waals surface area contributed by atoms with Gasteiger partial charge in [-0.1, -0.05) is 38.2 Å². The van der Waals surface area contributed by atoms with Gasteiger partial charge < -0.3 is 10.1 Å². The molecule has 1 aromatic heterocycles. The van der Waals surface area contributed by atoms with Crippen molar-refractivity contribution in [3.63, 3.8) is 0 Å². The molecule has 0 aliphatic heterocycles. The van der Waals surface area contributed by atoms with Gasteiger partial charge in [0.05, 0.1) is 5.41 Å². The Morgan fingerprint density at radius 3 is 2.56 bits per heavy atom. The third kappa shape index (κ3) is 4.63. The molecule has 2 aliphatic carbocycles. The molecule has 174 valence electrons. The summed E-state index contributed by atoms with van der Waals surface area (Å²) in [5, 5.41) is 4.91. The molecule has 1 aromatic carbocycles. The number of halogens is 3. The summed E-state index contributed by atoms with van der Waals surface area (Å²) in [5.74, 6) is -0.903. The van der Waals surface area contributed by atoms with E-state index in [2.05, 4.69) is 15.0 Å². The lowest BCUT2D eigenvalue weighted by Gasteiger charge is -2.26. The first-order chi connectivity index (χ1) is 15.0. The molecule has 11 heteroatoms. The predicted molar refractivity (Wildman–Crippen MR) is 113 cm³/mol. The van der Waals surface area contributed by atoms with Crippen molar-refractivity contribution >= 4 is 32.2 Å². The Balaban J connectivity index is 1.75. The van der Waals surface area contributed by atoms with Gasteiger partial charge in [-0.3, -0.25) is 4.79 Å². The molecule has 6 nitrogen and oxygen atoms in total. The Morgan fingerprint density at radius 1 is 1.25 bits per heavy atom. The second-order valence-corrected chi connectivity index (χ2v) is 11.3. The topological polar surface area (TPSA) is 85.4 Å². The minimum atomic E-state index is -5.07. The molecule has 0 bridgehead atoms. The normalized spacial score (nSPS) is 24.2. The van der Waals surface area contributed by atoms with Crippen molar-refractivity contribution in [3.05, 3.63) is 35.3 Å². The maximum atomic E-state index is 13.4. The van der Waals surface area contributed by atoms with Crippen molar-refractivity contribution < 1.29 is 31.1 Å². The lowest BCUT2D eigenvalue weighted by Crippen LogP contribution is -2.32. The second-order valence-electron chi connectivity index (χ2n) is 8.45. The van der Waals surface area contributed by atoms with E-state index in [0.29, 0.717) is 17.1 Å². The Labute approximate surface area is 188 Å². The first-order valence-corrected chi connectivity index (χ1v) is 13.1. The van der Waals surface area contributed by atoms with E-state index in [1.807, 2.05) is 0 Å². The number of amides is 1. The van der Waals surface area contributed by atoms with Gasteiger partial charge in [0.2, 0.25) is 5.91 Å². The summed E-state index contributed by atoms with van der Waals surface area (Å²) in [7, 11) is -3.98. The van der Waals surface area contributed by atoms with E-state index >= 15 is 0 Å². The summed E-state index contributed by atoms with van der Waals surface area (Å²) >= 11 is 1.25. The smallest absolute Gasteiger partial charge is 0.404 e. The van der Waals surface area contributed by atoms with Crippen LogP contribution < -0.4 is 10.1 Å². The van der Waals surface area contributed by atoms with Crippen LogP contribution in [0.2, 0.25) is 0 Å². The van der Waals surface area contributed by atoms with E-state index in [4.69, 9.17) is 0 Å². The molecule has 0 spiro atoms. The number of rotatable bonds is 6. The first-order valence-electron chi connectivity index (χ1n) is 10.3. The summed E-state index contributed by atoms with van der Waals surface area (Å²) in [5.41, 5.74) is -0.721. The molecule has 2 saturated carbocycles. The van der Waals surface area contributed by atoms with Crippen LogP contribution in [0.4, 0.5) is 18.3 Å². The minimum Gasteiger partial charge on any atom is -0.404 e.